The summed E-state index contributed by atoms with van der Waals surface area (Å²) >= 11 is 0. The second-order valence-electron chi connectivity index (χ2n) is 3.73. The number of rotatable bonds is 2. The van der Waals surface area contributed by atoms with Crippen LogP contribution < -0.4 is 5.46 Å². The van der Waals surface area contributed by atoms with E-state index in [1.54, 1.807) is 0 Å². The van der Waals surface area contributed by atoms with Gasteiger partial charge in [0.25, 0.3) is 0 Å². The monoisotopic (exact) mass is 281 g/mol. The highest BCUT2D eigenvalue weighted by Crippen LogP contribution is 2.45. The molecule has 0 aliphatic carbocycles. The van der Waals surface area contributed by atoms with Crippen molar-refractivity contribution in [2.75, 3.05) is 0 Å². The van der Waals surface area contributed by atoms with E-state index in [0.717, 1.165) is 18.2 Å². The fourth-order valence-corrected chi connectivity index (χ4v) is 1.48. The van der Waals surface area contributed by atoms with Gasteiger partial charge in [-0.25, -0.2) is 0 Å². The van der Waals surface area contributed by atoms with Gasteiger partial charge in [0.15, 0.2) is 11.3 Å². The lowest BCUT2D eigenvalue weighted by molar-refractivity contribution is -0.290. The SMILES string of the molecule is OB(O)c1ccc2c(C(F)(F)C(F)(F)F)noc2c1. The number of benzene rings is 1. The fraction of sp³-hybridized carbons (Fsp3) is 0.222. The van der Waals surface area contributed by atoms with Crippen molar-refractivity contribution in [3.05, 3.63) is 23.9 Å². The molecule has 1 aromatic heterocycles. The first-order valence-corrected chi connectivity index (χ1v) is 4.85. The van der Waals surface area contributed by atoms with Crippen molar-refractivity contribution in [3.8, 4) is 0 Å². The molecular weight excluding hydrogens is 276 g/mol. The minimum Gasteiger partial charge on any atom is -0.423 e. The molecule has 102 valence electrons. The summed E-state index contributed by atoms with van der Waals surface area (Å²) in [7, 11) is -1.90. The molecule has 0 aliphatic rings. The molecule has 1 heterocycles. The zero-order valence-electron chi connectivity index (χ0n) is 8.95. The summed E-state index contributed by atoms with van der Waals surface area (Å²) in [5.74, 6) is -5.16. The Morgan fingerprint density at radius 1 is 1.11 bits per heavy atom. The van der Waals surface area contributed by atoms with Crippen molar-refractivity contribution in [2.45, 2.75) is 12.1 Å². The molecule has 0 amide bonds. The second-order valence-corrected chi connectivity index (χ2v) is 3.73. The number of hydrogen-bond donors (Lipinski definition) is 2. The van der Waals surface area contributed by atoms with Crippen LogP contribution in [0.4, 0.5) is 22.0 Å². The lowest BCUT2D eigenvalue weighted by Crippen LogP contribution is -2.34. The van der Waals surface area contributed by atoms with Gasteiger partial charge in [0.1, 0.15) is 0 Å². The van der Waals surface area contributed by atoms with Crippen LogP contribution in [0.15, 0.2) is 22.7 Å². The smallest absolute Gasteiger partial charge is 0.423 e. The zero-order chi connectivity index (χ0) is 14.4. The van der Waals surface area contributed by atoms with E-state index in [0.29, 0.717) is 0 Å². The van der Waals surface area contributed by atoms with Crippen molar-refractivity contribution in [3.63, 3.8) is 0 Å². The van der Waals surface area contributed by atoms with E-state index in [1.165, 1.54) is 0 Å². The number of alkyl halides is 5. The summed E-state index contributed by atoms with van der Waals surface area (Å²) in [4.78, 5) is 0. The number of hydrogen-bond acceptors (Lipinski definition) is 4. The Hall–Kier alpha value is -1.68. The van der Waals surface area contributed by atoms with Crippen LogP contribution >= 0.6 is 0 Å². The summed E-state index contributed by atoms with van der Waals surface area (Å²) in [5, 5.41) is 19.9. The lowest BCUT2D eigenvalue weighted by atomic mass is 9.80. The highest BCUT2D eigenvalue weighted by molar-refractivity contribution is 6.58. The Kier molecular flexibility index (Phi) is 3.02. The minimum absolute atomic E-state index is 0.120. The Labute approximate surface area is 102 Å². The van der Waals surface area contributed by atoms with Gasteiger partial charge in [-0.2, -0.15) is 22.0 Å². The average Bonchev–Trinajstić information content (AvgIpc) is 2.70. The molecule has 0 saturated carbocycles. The van der Waals surface area contributed by atoms with Gasteiger partial charge in [-0.3, -0.25) is 0 Å². The van der Waals surface area contributed by atoms with Crippen LogP contribution in [0.25, 0.3) is 11.0 Å². The number of fused-ring (bicyclic) bond motifs is 1. The van der Waals surface area contributed by atoms with Gasteiger partial charge in [0.2, 0.25) is 0 Å². The van der Waals surface area contributed by atoms with Gasteiger partial charge in [-0.05, 0) is 17.6 Å². The maximum absolute atomic E-state index is 13.1. The largest absolute Gasteiger partial charge is 0.488 e. The third-order valence-corrected chi connectivity index (χ3v) is 2.45. The summed E-state index contributed by atoms with van der Waals surface area (Å²) in [5.41, 5.74) is -2.08. The maximum atomic E-state index is 13.1. The predicted octanol–water partition coefficient (Wildman–Crippen LogP) is 1.16. The van der Waals surface area contributed by atoms with Gasteiger partial charge in [-0.15, -0.1) is 0 Å². The van der Waals surface area contributed by atoms with Crippen molar-refractivity contribution < 1.29 is 36.5 Å². The first-order valence-electron chi connectivity index (χ1n) is 4.85. The Morgan fingerprint density at radius 2 is 1.74 bits per heavy atom. The Morgan fingerprint density at radius 3 is 2.26 bits per heavy atom. The average molecular weight is 281 g/mol. The lowest BCUT2D eigenvalue weighted by Gasteiger charge is -2.16. The molecule has 2 aromatic rings. The minimum atomic E-state index is -5.80. The number of aromatic nitrogens is 1. The third kappa shape index (κ3) is 2.17. The molecule has 0 unspecified atom stereocenters. The molecule has 2 rings (SSSR count). The van der Waals surface area contributed by atoms with E-state index in [2.05, 4.69) is 9.68 Å². The first-order chi connectivity index (χ1) is 8.64. The second kappa shape index (κ2) is 4.17. The summed E-state index contributed by atoms with van der Waals surface area (Å²) < 4.78 is 67.3. The quantitative estimate of drug-likeness (QED) is 0.640. The Balaban J connectivity index is 2.59. The van der Waals surface area contributed by atoms with E-state index in [-0.39, 0.29) is 5.46 Å². The highest BCUT2D eigenvalue weighted by Gasteiger charge is 2.61. The van der Waals surface area contributed by atoms with E-state index in [4.69, 9.17) is 10.0 Å². The van der Waals surface area contributed by atoms with Crippen molar-refractivity contribution in [1.82, 2.24) is 5.16 Å². The molecule has 1 aromatic carbocycles. The molecule has 4 nitrogen and oxygen atoms in total. The van der Waals surface area contributed by atoms with Crippen LogP contribution in [0, 0.1) is 0 Å². The molecule has 0 spiro atoms. The summed E-state index contributed by atoms with van der Waals surface area (Å²) in [6, 6.07) is 2.76. The molecule has 19 heavy (non-hydrogen) atoms. The molecule has 0 aliphatic heterocycles. The van der Waals surface area contributed by atoms with E-state index < -0.39 is 35.9 Å². The van der Waals surface area contributed by atoms with E-state index in [1.807, 2.05) is 0 Å². The van der Waals surface area contributed by atoms with Crippen LogP contribution in [0.3, 0.4) is 0 Å². The number of halogens is 5. The van der Waals surface area contributed by atoms with E-state index >= 15 is 0 Å². The molecule has 0 fully saturated rings. The van der Waals surface area contributed by atoms with Crippen LogP contribution in [-0.2, 0) is 5.92 Å². The fourth-order valence-electron chi connectivity index (χ4n) is 1.48. The van der Waals surface area contributed by atoms with Crippen LogP contribution in [-0.4, -0.2) is 28.5 Å². The third-order valence-electron chi connectivity index (χ3n) is 2.45. The van der Waals surface area contributed by atoms with Gasteiger partial charge < -0.3 is 14.6 Å². The molecule has 0 saturated heterocycles. The van der Waals surface area contributed by atoms with Gasteiger partial charge in [0.05, 0.1) is 5.39 Å². The van der Waals surface area contributed by atoms with Crippen LogP contribution in [0.2, 0.25) is 0 Å². The summed E-state index contributed by atoms with van der Waals surface area (Å²) in [6.07, 6.45) is -5.80. The van der Waals surface area contributed by atoms with Gasteiger partial charge in [-0.1, -0.05) is 11.2 Å². The molecule has 0 atom stereocenters. The van der Waals surface area contributed by atoms with Crippen LogP contribution in [0.5, 0.6) is 0 Å². The van der Waals surface area contributed by atoms with Gasteiger partial charge >= 0.3 is 19.2 Å². The Bertz CT molecular complexity index is 609. The predicted molar refractivity (Wildman–Crippen MR) is 53.8 cm³/mol. The maximum Gasteiger partial charge on any atom is 0.488 e. The van der Waals surface area contributed by atoms with Crippen LogP contribution in [0.1, 0.15) is 5.69 Å². The van der Waals surface area contributed by atoms with Gasteiger partial charge in [0, 0.05) is 0 Å². The molecule has 2 N–H and O–H groups in total. The molecule has 0 bridgehead atoms. The topological polar surface area (TPSA) is 66.5 Å². The summed E-state index contributed by atoms with van der Waals surface area (Å²) in [6.45, 7) is 0. The van der Waals surface area contributed by atoms with Crippen molar-refractivity contribution in [1.29, 1.82) is 0 Å². The first kappa shape index (κ1) is 13.7. The van der Waals surface area contributed by atoms with Crippen molar-refractivity contribution >= 4 is 23.6 Å². The molecule has 0 radical (unpaired) electrons. The van der Waals surface area contributed by atoms with E-state index in [9.17, 15) is 22.0 Å². The standard InChI is InChI=1S/C9H5BF5NO3/c11-8(12,9(13,14)15)7-5-2-1-4(10(17)18)3-6(5)19-16-7/h1-3,17-18H. The molecule has 10 heteroatoms. The normalized spacial score (nSPS) is 13.0. The highest BCUT2D eigenvalue weighted by atomic mass is 19.4. The molecular formula is C9H5BF5NO3. The number of nitrogens with zero attached hydrogens (tertiary/aromatic N) is 1. The van der Waals surface area contributed by atoms with Crippen molar-refractivity contribution in [2.24, 2.45) is 0 Å². The zero-order valence-corrected chi connectivity index (χ0v) is 8.95.